The quantitative estimate of drug-likeness (QED) is 0.663. The van der Waals surface area contributed by atoms with Gasteiger partial charge in [-0.15, -0.1) is 4.90 Å². The Morgan fingerprint density at radius 1 is 1.06 bits per heavy atom. The highest BCUT2D eigenvalue weighted by atomic mass is 16.6. The molecule has 0 aromatic heterocycles. The van der Waals surface area contributed by atoms with Crippen LogP contribution < -0.4 is 0 Å². The molecule has 98 valence electrons. The summed E-state index contributed by atoms with van der Waals surface area (Å²) in [7, 11) is 2.23. The third-order valence-corrected chi connectivity index (χ3v) is 3.53. The molecule has 6 heteroatoms. The van der Waals surface area contributed by atoms with Crippen molar-refractivity contribution >= 4 is 18.1 Å². The van der Waals surface area contributed by atoms with Crippen molar-refractivity contribution in [1.82, 2.24) is 4.90 Å². The lowest BCUT2D eigenvalue weighted by Gasteiger charge is -2.23. The second-order valence-electron chi connectivity index (χ2n) is 4.50. The Morgan fingerprint density at radius 3 is 2.06 bits per heavy atom. The number of methoxy groups -OCH3 is 2. The summed E-state index contributed by atoms with van der Waals surface area (Å²) < 4.78 is 8.89. The predicted octanol–water partition coefficient (Wildman–Crippen LogP) is 1.56. The number of fused-ring (bicyclic) bond motifs is 2. The molecule has 0 aliphatic heterocycles. The van der Waals surface area contributed by atoms with Gasteiger partial charge in [0.25, 0.3) is 0 Å². The molecule has 0 aromatic rings. The molecule has 0 heterocycles. The third-order valence-electron chi connectivity index (χ3n) is 3.53. The molecule has 0 spiro atoms. The van der Waals surface area contributed by atoms with Gasteiger partial charge in [-0.1, -0.05) is 12.2 Å². The Balaban J connectivity index is 2.16. The van der Waals surface area contributed by atoms with Crippen LogP contribution >= 0.6 is 0 Å². The first-order chi connectivity index (χ1) is 8.58. The van der Waals surface area contributed by atoms with Gasteiger partial charge in [-0.05, 0) is 24.7 Å². The summed E-state index contributed by atoms with van der Waals surface area (Å²) in [5.41, 5.74) is 0. The van der Waals surface area contributed by atoms with E-state index in [1.54, 1.807) is 0 Å². The molecule has 0 saturated heterocycles. The van der Waals surface area contributed by atoms with Gasteiger partial charge in [-0.2, -0.15) is 0 Å². The summed E-state index contributed by atoms with van der Waals surface area (Å²) in [4.78, 5) is 35.6. The average Bonchev–Trinajstić information content (AvgIpc) is 3.00. The zero-order chi connectivity index (χ0) is 13.3. The number of allylic oxidation sites excluding steroid dienone is 2. The van der Waals surface area contributed by atoms with Crippen molar-refractivity contribution in [3.63, 3.8) is 0 Å². The number of rotatable bonds is 1. The van der Waals surface area contributed by atoms with Crippen molar-refractivity contribution in [1.29, 1.82) is 0 Å². The van der Waals surface area contributed by atoms with Crippen LogP contribution in [0.5, 0.6) is 0 Å². The van der Waals surface area contributed by atoms with Crippen LogP contribution in [0, 0.1) is 17.8 Å². The zero-order valence-electron chi connectivity index (χ0n) is 10.3. The van der Waals surface area contributed by atoms with Crippen LogP contribution in [-0.4, -0.2) is 37.2 Å². The van der Waals surface area contributed by atoms with Crippen molar-refractivity contribution in [3.8, 4) is 0 Å². The maximum Gasteiger partial charge on any atom is 0.426 e. The lowest BCUT2D eigenvalue weighted by Crippen LogP contribution is -2.45. The number of ether oxygens (including phenoxy) is 2. The minimum absolute atomic E-state index is 0.110. The smallest absolute Gasteiger partial charge is 0.426 e. The summed E-state index contributed by atoms with van der Waals surface area (Å²) in [5.74, 6) is -0.385. The molecule has 2 bridgehead atoms. The van der Waals surface area contributed by atoms with Gasteiger partial charge in [-0.3, -0.25) is 4.79 Å². The average molecular weight is 253 g/mol. The van der Waals surface area contributed by atoms with E-state index in [-0.39, 0.29) is 11.8 Å². The van der Waals surface area contributed by atoms with Gasteiger partial charge in [0.15, 0.2) is 0 Å². The Kier molecular flexibility index (Phi) is 3.36. The number of hydrogen-bond acceptors (Lipinski definition) is 5. The van der Waals surface area contributed by atoms with Crippen LogP contribution in [0.1, 0.15) is 12.8 Å². The topological polar surface area (TPSA) is 72.9 Å². The van der Waals surface area contributed by atoms with Gasteiger partial charge >= 0.3 is 12.2 Å². The largest absolute Gasteiger partial charge is 0.452 e. The molecular weight excluding hydrogens is 238 g/mol. The highest BCUT2D eigenvalue weighted by molar-refractivity contribution is 6.07. The minimum Gasteiger partial charge on any atom is -0.452 e. The van der Waals surface area contributed by atoms with E-state index in [2.05, 4.69) is 15.5 Å². The van der Waals surface area contributed by atoms with Crippen LogP contribution in [0.15, 0.2) is 12.2 Å². The molecule has 18 heavy (non-hydrogen) atoms. The van der Waals surface area contributed by atoms with E-state index in [0.717, 1.165) is 20.6 Å². The highest BCUT2D eigenvalue weighted by Crippen LogP contribution is 2.44. The van der Waals surface area contributed by atoms with Crippen LogP contribution in [0.4, 0.5) is 9.59 Å². The molecule has 0 N–H and O–H groups in total. The molecule has 2 aliphatic rings. The molecule has 2 rings (SSSR count). The normalized spacial score (nSPS) is 28.0. The van der Waals surface area contributed by atoms with E-state index in [1.807, 2.05) is 6.08 Å². The first-order valence-corrected chi connectivity index (χ1v) is 5.76. The van der Waals surface area contributed by atoms with E-state index in [0.29, 0.717) is 17.2 Å². The second-order valence-corrected chi connectivity index (χ2v) is 4.50. The maximum absolute atomic E-state index is 12.2. The number of amides is 3. The fourth-order valence-electron chi connectivity index (χ4n) is 2.67. The molecule has 1 fully saturated rings. The maximum atomic E-state index is 12.2. The number of hydrogen-bond donors (Lipinski definition) is 0. The van der Waals surface area contributed by atoms with Crippen LogP contribution in [-0.2, 0) is 14.3 Å². The summed E-state index contributed by atoms with van der Waals surface area (Å²) in [6, 6.07) is 0. The van der Waals surface area contributed by atoms with Gasteiger partial charge in [0.05, 0.1) is 14.2 Å². The molecule has 0 aromatic carbocycles. The molecule has 3 amide bonds. The van der Waals surface area contributed by atoms with Crippen molar-refractivity contribution < 1.29 is 23.9 Å². The lowest BCUT2D eigenvalue weighted by atomic mass is 9.92. The summed E-state index contributed by atoms with van der Waals surface area (Å²) >= 11 is 0. The van der Waals surface area contributed by atoms with Gasteiger partial charge in [-0.25, -0.2) is 9.59 Å². The van der Waals surface area contributed by atoms with E-state index in [4.69, 9.17) is 0 Å². The molecule has 1 saturated carbocycles. The van der Waals surface area contributed by atoms with Crippen molar-refractivity contribution in [2.24, 2.45) is 17.8 Å². The zero-order valence-corrected chi connectivity index (χ0v) is 10.3. The van der Waals surface area contributed by atoms with E-state index >= 15 is 0 Å². The Bertz CT molecular complexity index is 401. The molecule has 2 aliphatic carbocycles. The monoisotopic (exact) mass is 253 g/mol. The molecule has 6 nitrogen and oxygen atoms in total. The van der Waals surface area contributed by atoms with Crippen LogP contribution in [0.25, 0.3) is 0 Å². The van der Waals surface area contributed by atoms with Gasteiger partial charge in [0.1, 0.15) is 0 Å². The summed E-state index contributed by atoms with van der Waals surface area (Å²) in [6.07, 6.45) is 3.63. The third kappa shape index (κ3) is 1.98. The Hall–Kier alpha value is -1.85. The van der Waals surface area contributed by atoms with Crippen LogP contribution in [0.2, 0.25) is 0 Å². The summed E-state index contributed by atoms with van der Waals surface area (Å²) in [6.45, 7) is 0. The fourth-order valence-corrected chi connectivity index (χ4v) is 2.67. The van der Waals surface area contributed by atoms with Crippen molar-refractivity contribution in [3.05, 3.63) is 12.2 Å². The first kappa shape index (κ1) is 12.6. The SMILES string of the molecule is COC(=O)N(C(=O)OC)C(=O)C1CC2C=CC1C2. The van der Waals surface area contributed by atoms with Crippen LogP contribution in [0.3, 0.4) is 0 Å². The predicted molar refractivity (Wildman–Crippen MR) is 60.5 cm³/mol. The molecular formula is C12H15NO5. The van der Waals surface area contributed by atoms with Gasteiger partial charge < -0.3 is 9.47 Å². The fraction of sp³-hybridized carbons (Fsp3) is 0.583. The lowest BCUT2D eigenvalue weighted by molar-refractivity contribution is -0.132. The Labute approximate surface area is 105 Å². The van der Waals surface area contributed by atoms with E-state index < -0.39 is 18.1 Å². The van der Waals surface area contributed by atoms with Gasteiger partial charge in [0.2, 0.25) is 5.91 Å². The molecule has 3 atom stereocenters. The standard InChI is InChI=1S/C12H15NO5/c1-17-11(15)13(12(16)18-2)10(14)9-6-7-3-4-8(9)5-7/h3-4,7-9H,5-6H2,1-2H3. The van der Waals surface area contributed by atoms with E-state index in [9.17, 15) is 14.4 Å². The Morgan fingerprint density at radius 2 is 1.67 bits per heavy atom. The molecule has 0 radical (unpaired) electrons. The number of imide groups is 3. The first-order valence-electron chi connectivity index (χ1n) is 5.76. The highest BCUT2D eigenvalue weighted by Gasteiger charge is 2.45. The van der Waals surface area contributed by atoms with Crippen molar-refractivity contribution in [2.75, 3.05) is 14.2 Å². The number of carbonyl (C=O) groups excluding carboxylic acids is 3. The van der Waals surface area contributed by atoms with Gasteiger partial charge in [0, 0.05) is 5.92 Å². The van der Waals surface area contributed by atoms with Crippen molar-refractivity contribution in [2.45, 2.75) is 12.8 Å². The van der Waals surface area contributed by atoms with E-state index in [1.165, 1.54) is 0 Å². The second kappa shape index (κ2) is 4.80. The minimum atomic E-state index is -1.00. The molecule has 3 unspecified atom stereocenters. The number of carbonyl (C=O) groups is 3. The summed E-state index contributed by atoms with van der Waals surface area (Å²) in [5, 5.41) is 0. The number of nitrogens with zero attached hydrogens (tertiary/aromatic N) is 1.